The smallest absolute Gasteiger partial charge is 0.250 e. The number of allylic oxidation sites excluding steroid dienone is 1. The van der Waals surface area contributed by atoms with Crippen molar-refractivity contribution in [3.05, 3.63) is 129 Å². The van der Waals surface area contributed by atoms with E-state index in [4.69, 9.17) is 0 Å². The monoisotopic (exact) mass is 488 g/mol. The number of hydrogen-bond acceptors (Lipinski definition) is 3. The van der Waals surface area contributed by atoms with Crippen LogP contribution in [0.4, 0.5) is 0 Å². The topological polar surface area (TPSA) is 62.8 Å². The van der Waals surface area contributed by atoms with E-state index < -0.39 is 0 Å². The highest BCUT2D eigenvalue weighted by Gasteiger charge is 2.22. The predicted octanol–water partition coefficient (Wildman–Crippen LogP) is 7.14. The van der Waals surface area contributed by atoms with E-state index in [1.807, 2.05) is 37.4 Å². The zero-order valence-corrected chi connectivity index (χ0v) is 21.6. The molecule has 1 aliphatic rings. The quantitative estimate of drug-likeness (QED) is 0.294. The number of carbonyl (C=O) groups is 1. The van der Waals surface area contributed by atoms with Gasteiger partial charge in [0.2, 0.25) is 0 Å². The Morgan fingerprint density at radius 2 is 1.81 bits per heavy atom. The van der Waals surface area contributed by atoms with E-state index in [1.165, 1.54) is 16.7 Å². The van der Waals surface area contributed by atoms with Crippen LogP contribution in [0.1, 0.15) is 70.9 Å². The van der Waals surface area contributed by atoms with Crippen molar-refractivity contribution in [1.82, 2.24) is 9.97 Å². The normalized spacial score (nSPS) is 15.9. The average molecular weight is 489 g/mol. The van der Waals surface area contributed by atoms with E-state index >= 15 is 0 Å². The minimum absolute atomic E-state index is 0.0531. The summed E-state index contributed by atoms with van der Waals surface area (Å²) in [6, 6.07) is 22.7. The number of H-pyrrole nitrogens is 1. The summed E-state index contributed by atoms with van der Waals surface area (Å²) in [5.41, 5.74) is 9.49. The molecular weight excluding hydrogens is 456 g/mol. The van der Waals surface area contributed by atoms with Crippen molar-refractivity contribution in [2.24, 2.45) is 5.92 Å². The lowest BCUT2D eigenvalue weighted by Crippen LogP contribution is -2.08. The molecule has 1 aliphatic carbocycles. The zero-order valence-electron chi connectivity index (χ0n) is 21.6. The van der Waals surface area contributed by atoms with Gasteiger partial charge in [0, 0.05) is 29.2 Å². The number of ketones is 1. The number of hydrogen-bond donors (Lipinski definition) is 1. The third kappa shape index (κ3) is 5.39. The van der Waals surface area contributed by atoms with Gasteiger partial charge in [0.15, 0.2) is 5.78 Å². The first-order valence-electron chi connectivity index (χ1n) is 13.0. The number of aryl methyl sites for hydroxylation is 2. The van der Waals surface area contributed by atoms with Crippen LogP contribution < -0.4 is 5.56 Å². The molecule has 2 heterocycles. The maximum Gasteiger partial charge on any atom is 0.250 e. The lowest BCUT2D eigenvalue weighted by molar-refractivity contribution is 0.101. The van der Waals surface area contributed by atoms with Gasteiger partial charge >= 0.3 is 0 Å². The maximum atomic E-state index is 11.9. The van der Waals surface area contributed by atoms with Crippen molar-refractivity contribution in [3.63, 3.8) is 0 Å². The summed E-state index contributed by atoms with van der Waals surface area (Å²) in [6.07, 6.45) is 9.13. The van der Waals surface area contributed by atoms with Gasteiger partial charge in [-0.05, 0) is 96.5 Å². The first kappa shape index (κ1) is 24.6. The second-order valence-corrected chi connectivity index (χ2v) is 10.2. The van der Waals surface area contributed by atoms with Crippen molar-refractivity contribution in [2.75, 3.05) is 0 Å². The molecule has 0 radical (unpaired) electrons. The van der Waals surface area contributed by atoms with E-state index in [0.29, 0.717) is 17.4 Å². The molecule has 2 aromatic carbocycles. The molecule has 0 saturated carbocycles. The molecule has 4 aromatic rings. The van der Waals surface area contributed by atoms with Gasteiger partial charge in [-0.3, -0.25) is 14.6 Å². The average Bonchev–Trinajstić information content (AvgIpc) is 3.10. The molecule has 186 valence electrons. The molecule has 37 heavy (non-hydrogen) atoms. The first-order valence-corrected chi connectivity index (χ1v) is 13.0. The number of nitrogens with zero attached hydrogens (tertiary/aromatic N) is 1. The summed E-state index contributed by atoms with van der Waals surface area (Å²) in [5, 5.41) is 0. The number of carbonyl (C=O) groups excluding carboxylic acids is 1. The Bertz CT molecular complexity index is 1510. The second kappa shape index (κ2) is 10.5. The molecule has 0 fully saturated rings. The van der Waals surface area contributed by atoms with Crippen LogP contribution in [0.25, 0.3) is 16.7 Å². The molecule has 5 rings (SSSR count). The number of nitrogens with one attached hydrogen (secondary N) is 1. The molecule has 4 heteroatoms. The summed E-state index contributed by atoms with van der Waals surface area (Å²) in [5.74, 6) is 0.819. The molecule has 0 bridgehead atoms. The number of Topliss-reactive ketones (excluding diaryl/α,β-unsaturated/α-hetero) is 1. The molecule has 0 spiro atoms. The Kier molecular flexibility index (Phi) is 7.00. The van der Waals surface area contributed by atoms with E-state index in [-0.39, 0.29) is 11.3 Å². The van der Waals surface area contributed by atoms with Crippen LogP contribution in [0.3, 0.4) is 0 Å². The number of aromatic nitrogens is 2. The number of aromatic amines is 1. The highest BCUT2D eigenvalue weighted by atomic mass is 16.1. The van der Waals surface area contributed by atoms with Crippen LogP contribution in [0.2, 0.25) is 0 Å². The fraction of sp³-hybridized carbons (Fsp3) is 0.242. The molecule has 0 saturated heterocycles. The summed E-state index contributed by atoms with van der Waals surface area (Å²) >= 11 is 0. The third-order valence-corrected chi connectivity index (χ3v) is 7.46. The fourth-order valence-electron chi connectivity index (χ4n) is 5.32. The number of benzene rings is 2. The summed E-state index contributed by atoms with van der Waals surface area (Å²) in [4.78, 5) is 31.2. The van der Waals surface area contributed by atoms with Gasteiger partial charge in [0.1, 0.15) is 0 Å². The van der Waals surface area contributed by atoms with Crippen molar-refractivity contribution in [1.29, 1.82) is 0 Å². The summed E-state index contributed by atoms with van der Waals surface area (Å²) < 4.78 is 0. The van der Waals surface area contributed by atoms with E-state index in [2.05, 4.69) is 65.4 Å². The fourth-order valence-corrected chi connectivity index (χ4v) is 5.32. The Morgan fingerprint density at radius 3 is 2.51 bits per heavy atom. The van der Waals surface area contributed by atoms with Crippen LogP contribution in [0, 0.1) is 12.8 Å². The van der Waals surface area contributed by atoms with Gasteiger partial charge in [-0.1, -0.05) is 61.5 Å². The number of pyridine rings is 2. The van der Waals surface area contributed by atoms with E-state index in [0.717, 1.165) is 47.2 Å². The molecular formula is C33H32N2O2. The summed E-state index contributed by atoms with van der Waals surface area (Å²) in [6.45, 7) is 5.70. The molecule has 0 aliphatic heterocycles. The lowest BCUT2D eigenvalue weighted by Gasteiger charge is -2.18. The van der Waals surface area contributed by atoms with Gasteiger partial charge in [-0.2, -0.15) is 0 Å². The highest BCUT2D eigenvalue weighted by Crippen LogP contribution is 2.38. The van der Waals surface area contributed by atoms with Gasteiger partial charge in [-0.15, -0.1) is 0 Å². The van der Waals surface area contributed by atoms with Gasteiger partial charge in [0.25, 0.3) is 5.56 Å². The van der Waals surface area contributed by atoms with E-state index in [1.54, 1.807) is 13.1 Å². The zero-order chi connectivity index (χ0) is 25.9. The van der Waals surface area contributed by atoms with Crippen molar-refractivity contribution < 1.29 is 4.79 Å². The van der Waals surface area contributed by atoms with Crippen molar-refractivity contribution in [3.8, 4) is 11.1 Å². The minimum atomic E-state index is -0.0531. The molecule has 2 aromatic heterocycles. The standard InChI is InChI=1S/C33H32N2O2/c1-21(32-6-4-5-15-34-32)16-24-7-8-28-19-27(29-17-22(2)33(37)35-20-29)13-14-30(28)31(18-24)26-11-9-25(10-12-26)23(3)36/h4-6,9-15,17-21,24H,7-8,16H2,1-3H3,(H,35,37). The van der Waals surface area contributed by atoms with Gasteiger partial charge in [0.05, 0.1) is 0 Å². The van der Waals surface area contributed by atoms with Crippen LogP contribution in [-0.2, 0) is 6.42 Å². The first-order chi connectivity index (χ1) is 17.9. The van der Waals surface area contributed by atoms with Gasteiger partial charge in [-0.25, -0.2) is 0 Å². The third-order valence-electron chi connectivity index (χ3n) is 7.46. The number of fused-ring (bicyclic) bond motifs is 1. The van der Waals surface area contributed by atoms with Crippen LogP contribution >= 0.6 is 0 Å². The Balaban J connectivity index is 1.54. The van der Waals surface area contributed by atoms with Crippen molar-refractivity contribution in [2.45, 2.75) is 46.0 Å². The Hall–Kier alpha value is -4.05. The van der Waals surface area contributed by atoms with Crippen LogP contribution in [-0.4, -0.2) is 15.8 Å². The highest BCUT2D eigenvalue weighted by molar-refractivity contribution is 5.94. The molecule has 4 nitrogen and oxygen atoms in total. The Morgan fingerprint density at radius 1 is 1.03 bits per heavy atom. The van der Waals surface area contributed by atoms with Crippen molar-refractivity contribution >= 4 is 11.4 Å². The van der Waals surface area contributed by atoms with Gasteiger partial charge < -0.3 is 4.98 Å². The predicted molar refractivity (Wildman–Crippen MR) is 150 cm³/mol. The lowest BCUT2D eigenvalue weighted by atomic mass is 9.88. The van der Waals surface area contributed by atoms with Crippen LogP contribution in [0.15, 0.2) is 90.0 Å². The van der Waals surface area contributed by atoms with E-state index in [9.17, 15) is 9.59 Å². The number of rotatable bonds is 6. The molecule has 1 N–H and O–H groups in total. The molecule has 0 amide bonds. The largest absolute Gasteiger partial charge is 0.328 e. The minimum Gasteiger partial charge on any atom is -0.328 e. The second-order valence-electron chi connectivity index (χ2n) is 10.2. The molecule has 2 atom stereocenters. The maximum absolute atomic E-state index is 11.9. The Labute approximate surface area is 218 Å². The SMILES string of the molecule is CC(=O)c1ccc(C2=CC(CC(C)c3ccccn3)CCc3cc(-c4c[nH]c(=O)c(C)c4)ccc32)cc1. The molecule has 2 unspecified atom stereocenters. The summed E-state index contributed by atoms with van der Waals surface area (Å²) in [7, 11) is 0. The van der Waals surface area contributed by atoms with Crippen LogP contribution in [0.5, 0.6) is 0 Å².